The second kappa shape index (κ2) is 6.59. The Morgan fingerprint density at radius 2 is 2.05 bits per heavy atom. The lowest BCUT2D eigenvalue weighted by Gasteiger charge is -2.13. The molecule has 0 heterocycles. The fourth-order valence-electron chi connectivity index (χ4n) is 1.86. The fourth-order valence-corrected chi connectivity index (χ4v) is 2.42. The van der Waals surface area contributed by atoms with Crippen LogP contribution in [0.5, 0.6) is 5.75 Å². The lowest BCUT2D eigenvalue weighted by molar-refractivity contribution is 0.340. The van der Waals surface area contributed by atoms with E-state index in [9.17, 15) is 0 Å². The van der Waals surface area contributed by atoms with Crippen molar-refractivity contribution in [2.24, 2.45) is 5.73 Å². The molecular weight excluding hydrogens is 292 g/mol. The number of hydrogen-bond acceptors (Lipinski definition) is 3. The minimum Gasteiger partial charge on any atom is -0.494 e. The number of ether oxygens (including phenoxy) is 1. The summed E-state index contributed by atoms with van der Waals surface area (Å²) in [6, 6.07) is 13.2. The van der Waals surface area contributed by atoms with Crippen LogP contribution in [-0.4, -0.2) is 11.6 Å². The number of rotatable bonds is 5. The minimum atomic E-state index is 0.263. The molecule has 0 fully saturated rings. The molecule has 3 N–H and O–H groups in total. The van der Waals surface area contributed by atoms with E-state index in [1.54, 1.807) is 6.07 Å². The van der Waals surface area contributed by atoms with Gasteiger partial charge >= 0.3 is 0 Å². The highest BCUT2D eigenvalue weighted by Crippen LogP contribution is 2.28. The maximum absolute atomic E-state index is 6.14. The monoisotopic (exact) mass is 306 g/mol. The van der Waals surface area contributed by atoms with Crippen LogP contribution in [0.1, 0.15) is 12.5 Å². The van der Waals surface area contributed by atoms with Gasteiger partial charge < -0.3 is 15.8 Å². The van der Waals surface area contributed by atoms with Gasteiger partial charge in [0.1, 0.15) is 10.7 Å². The predicted molar refractivity (Wildman–Crippen MR) is 88.2 cm³/mol. The molecule has 0 saturated heterocycles. The zero-order valence-corrected chi connectivity index (χ0v) is 12.6. The lowest BCUT2D eigenvalue weighted by atomic mass is 10.1. The summed E-state index contributed by atoms with van der Waals surface area (Å²) in [4.78, 5) is 0.263. The van der Waals surface area contributed by atoms with E-state index >= 15 is 0 Å². The molecule has 0 aliphatic carbocycles. The summed E-state index contributed by atoms with van der Waals surface area (Å²) >= 11 is 11.2. The van der Waals surface area contributed by atoms with E-state index in [4.69, 9.17) is 34.3 Å². The van der Waals surface area contributed by atoms with Crippen molar-refractivity contribution in [3.63, 3.8) is 0 Å². The van der Waals surface area contributed by atoms with Gasteiger partial charge in [-0.3, -0.25) is 0 Å². The number of halogens is 1. The van der Waals surface area contributed by atoms with Crippen molar-refractivity contribution in [3.05, 3.63) is 53.1 Å². The lowest BCUT2D eigenvalue weighted by Crippen LogP contribution is -2.12. The molecule has 20 heavy (non-hydrogen) atoms. The fraction of sp³-hybridized carbons (Fsp3) is 0.133. The van der Waals surface area contributed by atoms with Crippen LogP contribution in [0.25, 0.3) is 0 Å². The van der Waals surface area contributed by atoms with Crippen LogP contribution in [0.4, 0.5) is 11.4 Å². The van der Waals surface area contributed by atoms with Crippen molar-refractivity contribution in [1.82, 2.24) is 0 Å². The first-order valence-corrected chi connectivity index (χ1v) is 6.98. The summed E-state index contributed by atoms with van der Waals surface area (Å²) in [6.07, 6.45) is 0. The van der Waals surface area contributed by atoms with Crippen LogP contribution < -0.4 is 15.8 Å². The van der Waals surface area contributed by atoms with Gasteiger partial charge in [-0.2, -0.15) is 0 Å². The van der Waals surface area contributed by atoms with Crippen LogP contribution in [0.2, 0.25) is 5.02 Å². The maximum Gasteiger partial charge on any atom is 0.121 e. The first-order valence-electron chi connectivity index (χ1n) is 6.20. The smallest absolute Gasteiger partial charge is 0.121 e. The number of anilines is 2. The van der Waals surface area contributed by atoms with E-state index in [2.05, 4.69) is 5.32 Å². The summed E-state index contributed by atoms with van der Waals surface area (Å²) in [7, 11) is 0. The summed E-state index contributed by atoms with van der Waals surface area (Å²) < 4.78 is 5.47. The van der Waals surface area contributed by atoms with Gasteiger partial charge in [0.05, 0.1) is 22.9 Å². The molecule has 0 aliphatic rings. The number of benzene rings is 2. The van der Waals surface area contributed by atoms with Crippen molar-refractivity contribution < 1.29 is 4.74 Å². The van der Waals surface area contributed by atoms with Crippen LogP contribution in [0.3, 0.4) is 0 Å². The molecule has 5 heteroatoms. The molecular formula is C15H15ClN2OS. The normalized spacial score (nSPS) is 10.1. The molecule has 0 aliphatic heterocycles. The molecule has 0 amide bonds. The minimum absolute atomic E-state index is 0.263. The summed E-state index contributed by atoms with van der Waals surface area (Å²) in [5.41, 5.74) is 8.03. The van der Waals surface area contributed by atoms with Gasteiger partial charge in [-0.05, 0) is 31.2 Å². The molecule has 2 aromatic rings. The van der Waals surface area contributed by atoms with Crippen molar-refractivity contribution in [3.8, 4) is 5.75 Å². The van der Waals surface area contributed by atoms with Gasteiger partial charge in [0.2, 0.25) is 0 Å². The molecule has 0 bridgehead atoms. The molecule has 104 valence electrons. The Labute approximate surface area is 128 Å². The molecule has 3 nitrogen and oxygen atoms in total. The maximum atomic E-state index is 6.14. The first-order chi connectivity index (χ1) is 9.61. The van der Waals surface area contributed by atoms with Crippen molar-refractivity contribution >= 4 is 40.2 Å². The van der Waals surface area contributed by atoms with E-state index in [-0.39, 0.29) is 4.99 Å². The van der Waals surface area contributed by atoms with Gasteiger partial charge in [-0.25, -0.2) is 0 Å². The van der Waals surface area contributed by atoms with E-state index in [1.807, 2.05) is 43.3 Å². The molecule has 0 saturated carbocycles. The molecule has 0 radical (unpaired) electrons. The first kappa shape index (κ1) is 14.6. The van der Waals surface area contributed by atoms with Crippen LogP contribution in [0, 0.1) is 0 Å². The van der Waals surface area contributed by atoms with E-state index in [1.165, 1.54) is 0 Å². The molecule has 0 unspecified atom stereocenters. The average molecular weight is 307 g/mol. The summed E-state index contributed by atoms with van der Waals surface area (Å²) in [6.45, 7) is 2.57. The topological polar surface area (TPSA) is 47.3 Å². The second-order valence-corrected chi connectivity index (χ2v) is 4.96. The van der Waals surface area contributed by atoms with E-state index < -0.39 is 0 Å². The standard InChI is InChI=1S/C15H15ClN2OS/c1-2-19-11-6-3-5-10(9-11)18-13-8-4-7-12(16)14(13)15(17)20/h3-9,18H,2H2,1H3,(H2,17,20). The molecule has 0 atom stereocenters. The third kappa shape index (κ3) is 3.40. The zero-order valence-electron chi connectivity index (χ0n) is 11.0. The Hall–Kier alpha value is -1.78. The summed E-state index contributed by atoms with van der Waals surface area (Å²) in [5.74, 6) is 0.802. The Morgan fingerprint density at radius 3 is 2.75 bits per heavy atom. The molecule has 0 aromatic heterocycles. The highest BCUT2D eigenvalue weighted by Gasteiger charge is 2.10. The number of thiocarbonyl (C=S) groups is 1. The SMILES string of the molecule is CCOc1cccc(Nc2cccc(Cl)c2C(N)=S)c1. The van der Waals surface area contributed by atoms with Crippen molar-refractivity contribution in [2.45, 2.75) is 6.92 Å². The summed E-state index contributed by atoms with van der Waals surface area (Å²) in [5, 5.41) is 3.79. The third-order valence-corrected chi connectivity index (χ3v) is 3.20. The zero-order chi connectivity index (χ0) is 14.5. The Balaban J connectivity index is 2.32. The van der Waals surface area contributed by atoms with Gasteiger partial charge in [0, 0.05) is 11.8 Å². The predicted octanol–water partition coefficient (Wildman–Crippen LogP) is 4.12. The Bertz CT molecular complexity index is 631. The van der Waals surface area contributed by atoms with Crippen LogP contribution in [0.15, 0.2) is 42.5 Å². The van der Waals surface area contributed by atoms with Gasteiger partial charge in [-0.1, -0.05) is 36.0 Å². The number of nitrogens with two attached hydrogens (primary N) is 1. The Morgan fingerprint density at radius 1 is 1.30 bits per heavy atom. The highest BCUT2D eigenvalue weighted by atomic mass is 35.5. The van der Waals surface area contributed by atoms with Gasteiger partial charge in [-0.15, -0.1) is 0 Å². The molecule has 2 rings (SSSR count). The number of nitrogens with one attached hydrogen (secondary N) is 1. The number of hydrogen-bond donors (Lipinski definition) is 2. The van der Waals surface area contributed by atoms with Gasteiger partial charge in [0.15, 0.2) is 0 Å². The van der Waals surface area contributed by atoms with E-state index in [0.717, 1.165) is 17.1 Å². The van der Waals surface area contributed by atoms with Crippen molar-refractivity contribution in [2.75, 3.05) is 11.9 Å². The average Bonchev–Trinajstić information content (AvgIpc) is 2.39. The Kier molecular flexibility index (Phi) is 4.82. The van der Waals surface area contributed by atoms with Crippen LogP contribution in [-0.2, 0) is 0 Å². The highest BCUT2D eigenvalue weighted by molar-refractivity contribution is 7.80. The molecule has 0 spiro atoms. The van der Waals surface area contributed by atoms with E-state index in [0.29, 0.717) is 17.2 Å². The second-order valence-electron chi connectivity index (χ2n) is 4.11. The third-order valence-electron chi connectivity index (χ3n) is 2.68. The molecule has 2 aromatic carbocycles. The van der Waals surface area contributed by atoms with Gasteiger partial charge in [0.25, 0.3) is 0 Å². The van der Waals surface area contributed by atoms with Crippen LogP contribution >= 0.6 is 23.8 Å². The quantitative estimate of drug-likeness (QED) is 0.816. The van der Waals surface area contributed by atoms with Crippen molar-refractivity contribution in [1.29, 1.82) is 0 Å². The largest absolute Gasteiger partial charge is 0.494 e.